The van der Waals surface area contributed by atoms with Crippen LogP contribution in [-0.2, 0) is 25.7 Å². The third-order valence-corrected chi connectivity index (χ3v) is 10.0. The highest BCUT2D eigenvalue weighted by molar-refractivity contribution is 6.42. The number of carbonyl (C=O) groups excluding carboxylic acids is 3. The minimum absolute atomic E-state index is 0.0852. The molecule has 1 spiro atoms. The lowest BCUT2D eigenvalue weighted by Crippen LogP contribution is -2.56. The maximum Gasteiger partial charge on any atom is 0.246 e. The van der Waals surface area contributed by atoms with Crippen molar-refractivity contribution < 1.29 is 19.1 Å². The lowest BCUT2D eigenvalue weighted by Gasteiger charge is -2.34. The van der Waals surface area contributed by atoms with Gasteiger partial charge in [-0.05, 0) is 56.6 Å². The van der Waals surface area contributed by atoms with Crippen molar-refractivity contribution in [1.82, 2.24) is 15.1 Å². The van der Waals surface area contributed by atoms with E-state index in [0.29, 0.717) is 28.7 Å². The zero-order valence-corrected chi connectivity index (χ0v) is 25.8. The Balaban J connectivity index is 1.21. The standard InChI is InChI=1S/C33H38Cl2N4O4/c1-38(20-21-9-4-2-5-10-21)17-8-18-39-29(31(41)36-22-11-6-3-7-12-22)33-16-15-26(43-33)27(28(33)32(39)42)30(40)37-23-13-14-24(34)25(35)19-23/h2,4-5,9-10,13-16,19,22,26-29H,3,6-8,11-12,17-18,20H2,1H3,(H,36,41)(H,37,40)/t26-,27+,28-,29+,33+/m1/s1. The first kappa shape index (κ1) is 30.1. The van der Waals surface area contributed by atoms with Crippen LogP contribution in [0.4, 0.5) is 5.69 Å². The molecule has 0 radical (unpaired) electrons. The molecule has 3 heterocycles. The van der Waals surface area contributed by atoms with Gasteiger partial charge < -0.3 is 25.2 Å². The lowest BCUT2D eigenvalue weighted by molar-refractivity contribution is -0.141. The molecule has 3 amide bonds. The van der Waals surface area contributed by atoms with Gasteiger partial charge in [0.25, 0.3) is 0 Å². The average molecular weight is 626 g/mol. The Morgan fingerprint density at radius 1 is 1.05 bits per heavy atom. The second-order valence-electron chi connectivity index (χ2n) is 12.3. The lowest BCUT2D eigenvalue weighted by atomic mass is 9.74. The summed E-state index contributed by atoms with van der Waals surface area (Å²) in [6.45, 7) is 1.92. The highest BCUT2D eigenvalue weighted by Crippen LogP contribution is 2.55. The number of nitrogens with zero attached hydrogens (tertiary/aromatic N) is 2. The average Bonchev–Trinajstić information content (AvgIpc) is 3.63. The number of carbonyl (C=O) groups is 3. The quantitative estimate of drug-likeness (QED) is 0.361. The van der Waals surface area contributed by atoms with Gasteiger partial charge in [-0.2, -0.15) is 0 Å². The van der Waals surface area contributed by atoms with Crippen molar-refractivity contribution in [2.45, 2.75) is 68.9 Å². The molecule has 6 rings (SSSR count). The predicted molar refractivity (Wildman–Crippen MR) is 167 cm³/mol. The smallest absolute Gasteiger partial charge is 0.246 e. The minimum atomic E-state index is -1.18. The molecule has 1 saturated carbocycles. The van der Waals surface area contributed by atoms with Crippen molar-refractivity contribution >= 4 is 46.6 Å². The van der Waals surface area contributed by atoms with Gasteiger partial charge in [0.1, 0.15) is 11.6 Å². The van der Waals surface area contributed by atoms with Crippen LogP contribution in [0.2, 0.25) is 10.0 Å². The number of fused-ring (bicyclic) bond motifs is 1. The van der Waals surface area contributed by atoms with Crippen molar-refractivity contribution in [3.05, 3.63) is 76.3 Å². The maximum atomic E-state index is 14.2. The summed E-state index contributed by atoms with van der Waals surface area (Å²) in [6, 6.07) is 14.3. The van der Waals surface area contributed by atoms with E-state index in [4.69, 9.17) is 27.9 Å². The molecule has 2 aromatic carbocycles. The fourth-order valence-corrected chi connectivity index (χ4v) is 7.62. The van der Waals surface area contributed by atoms with E-state index in [1.54, 1.807) is 23.1 Å². The third kappa shape index (κ3) is 5.95. The van der Waals surface area contributed by atoms with Crippen LogP contribution in [0.3, 0.4) is 0 Å². The number of likely N-dealkylation sites (tertiary alicyclic amines) is 1. The number of amides is 3. The second-order valence-corrected chi connectivity index (χ2v) is 13.1. The predicted octanol–water partition coefficient (Wildman–Crippen LogP) is 5.05. The van der Waals surface area contributed by atoms with Gasteiger partial charge >= 0.3 is 0 Å². The van der Waals surface area contributed by atoms with E-state index >= 15 is 0 Å². The Bertz CT molecular complexity index is 1400. The van der Waals surface area contributed by atoms with Crippen LogP contribution in [0.5, 0.6) is 0 Å². The Kier molecular flexibility index (Phi) is 8.83. The van der Waals surface area contributed by atoms with Crippen LogP contribution in [-0.4, -0.2) is 71.4 Å². The summed E-state index contributed by atoms with van der Waals surface area (Å²) >= 11 is 12.2. The van der Waals surface area contributed by atoms with Crippen molar-refractivity contribution in [2.75, 3.05) is 25.5 Å². The van der Waals surface area contributed by atoms with E-state index in [1.165, 1.54) is 12.0 Å². The Morgan fingerprint density at radius 2 is 1.81 bits per heavy atom. The van der Waals surface area contributed by atoms with E-state index in [9.17, 15) is 14.4 Å². The molecule has 2 saturated heterocycles. The molecule has 10 heteroatoms. The first-order valence-corrected chi connectivity index (χ1v) is 16.0. The molecule has 4 aliphatic rings. The molecule has 2 bridgehead atoms. The van der Waals surface area contributed by atoms with Crippen LogP contribution >= 0.6 is 23.2 Å². The molecule has 3 aliphatic heterocycles. The van der Waals surface area contributed by atoms with E-state index in [1.807, 2.05) is 30.4 Å². The van der Waals surface area contributed by atoms with Crippen LogP contribution in [0.25, 0.3) is 0 Å². The zero-order chi connectivity index (χ0) is 30.1. The third-order valence-electron chi connectivity index (χ3n) is 9.30. The highest BCUT2D eigenvalue weighted by Gasteiger charge is 2.72. The van der Waals surface area contributed by atoms with Gasteiger partial charge in [-0.3, -0.25) is 14.4 Å². The first-order chi connectivity index (χ1) is 20.8. The Hall–Kier alpha value is -2.91. The van der Waals surface area contributed by atoms with Crippen molar-refractivity contribution in [3.8, 4) is 0 Å². The monoisotopic (exact) mass is 624 g/mol. The zero-order valence-electron chi connectivity index (χ0n) is 24.3. The fraction of sp³-hybridized carbons (Fsp3) is 0.485. The van der Waals surface area contributed by atoms with Gasteiger partial charge in [-0.25, -0.2) is 0 Å². The molecule has 5 atom stereocenters. The van der Waals surface area contributed by atoms with Gasteiger partial charge in [0, 0.05) is 24.8 Å². The number of benzene rings is 2. The summed E-state index contributed by atoms with van der Waals surface area (Å²) in [5.74, 6) is -2.33. The van der Waals surface area contributed by atoms with E-state index in [2.05, 4.69) is 34.7 Å². The molecule has 228 valence electrons. The largest absolute Gasteiger partial charge is 0.359 e. The summed E-state index contributed by atoms with van der Waals surface area (Å²) in [4.78, 5) is 45.8. The molecular weight excluding hydrogens is 587 g/mol. The fourth-order valence-electron chi connectivity index (χ4n) is 7.32. The van der Waals surface area contributed by atoms with E-state index < -0.39 is 29.6 Å². The Morgan fingerprint density at radius 3 is 2.56 bits per heavy atom. The van der Waals surface area contributed by atoms with Gasteiger partial charge in [0.15, 0.2) is 0 Å². The summed E-state index contributed by atoms with van der Waals surface area (Å²) in [7, 11) is 2.05. The summed E-state index contributed by atoms with van der Waals surface area (Å²) in [5.41, 5.74) is 0.512. The number of nitrogens with one attached hydrogen (secondary N) is 2. The van der Waals surface area contributed by atoms with Crippen molar-refractivity contribution in [2.24, 2.45) is 11.8 Å². The second kappa shape index (κ2) is 12.6. The normalized spacial score (nSPS) is 28.0. The number of hydrogen-bond donors (Lipinski definition) is 2. The summed E-state index contributed by atoms with van der Waals surface area (Å²) in [5, 5.41) is 6.84. The highest BCUT2D eigenvalue weighted by atomic mass is 35.5. The van der Waals surface area contributed by atoms with E-state index in [-0.39, 0.29) is 23.8 Å². The van der Waals surface area contributed by atoms with Gasteiger partial charge in [-0.15, -0.1) is 0 Å². The van der Waals surface area contributed by atoms with Crippen LogP contribution in [0.15, 0.2) is 60.7 Å². The summed E-state index contributed by atoms with van der Waals surface area (Å²) in [6.07, 6.45) is 8.97. The van der Waals surface area contributed by atoms with Crippen molar-refractivity contribution in [3.63, 3.8) is 0 Å². The summed E-state index contributed by atoms with van der Waals surface area (Å²) < 4.78 is 6.48. The number of halogens is 2. The molecule has 1 aliphatic carbocycles. The molecule has 8 nitrogen and oxygen atoms in total. The van der Waals surface area contributed by atoms with E-state index in [0.717, 1.165) is 38.8 Å². The molecule has 3 fully saturated rings. The number of anilines is 1. The minimum Gasteiger partial charge on any atom is -0.359 e. The topological polar surface area (TPSA) is 91.0 Å². The molecule has 43 heavy (non-hydrogen) atoms. The number of ether oxygens (including phenoxy) is 1. The molecule has 2 N–H and O–H groups in total. The number of hydrogen-bond acceptors (Lipinski definition) is 5. The van der Waals surface area contributed by atoms with Gasteiger partial charge in [0.05, 0.1) is 28.0 Å². The molecule has 0 unspecified atom stereocenters. The Labute approximate surface area is 262 Å². The van der Waals surface area contributed by atoms with Gasteiger partial charge in [-0.1, -0.05) is 84.9 Å². The maximum absolute atomic E-state index is 14.2. The van der Waals surface area contributed by atoms with Crippen LogP contribution < -0.4 is 10.6 Å². The number of rotatable bonds is 10. The van der Waals surface area contributed by atoms with Crippen LogP contribution in [0.1, 0.15) is 44.1 Å². The first-order valence-electron chi connectivity index (χ1n) is 15.2. The molecule has 2 aromatic rings. The van der Waals surface area contributed by atoms with Crippen molar-refractivity contribution in [1.29, 1.82) is 0 Å². The molecular formula is C33H38Cl2N4O4. The SMILES string of the molecule is CN(CCCN1C(=O)[C@H]2[C@@H](C(=O)Nc3ccc(Cl)c(Cl)c3)[C@H]3C=C[C@@]2(O3)[C@@H]1C(=O)NC1CCCCC1)Cc1ccccc1. The van der Waals surface area contributed by atoms with Gasteiger partial charge in [0.2, 0.25) is 17.7 Å². The van der Waals surface area contributed by atoms with Crippen LogP contribution in [0, 0.1) is 11.8 Å². The molecule has 0 aromatic heterocycles.